The van der Waals surface area contributed by atoms with Gasteiger partial charge in [-0.15, -0.1) is 0 Å². The van der Waals surface area contributed by atoms with E-state index in [4.69, 9.17) is 14.2 Å². The molecule has 0 aliphatic heterocycles. The zero-order valence-electron chi connectivity index (χ0n) is 35.7. The summed E-state index contributed by atoms with van der Waals surface area (Å²) in [4.78, 5) is 36.9. The molecule has 0 aromatic rings. The molecule has 0 radical (unpaired) electrons. The summed E-state index contributed by atoms with van der Waals surface area (Å²) in [5.74, 6) is -1.49. The monoisotopic (exact) mass is 763 g/mol. The van der Waals surface area contributed by atoms with Crippen LogP contribution in [-0.2, 0) is 28.6 Å². The van der Waals surface area contributed by atoms with Crippen molar-refractivity contribution in [3.05, 3.63) is 36.5 Å². The van der Waals surface area contributed by atoms with Crippen LogP contribution in [0, 0.1) is 0 Å². The number of carboxylic acids is 1. The lowest BCUT2D eigenvalue weighted by molar-refractivity contribution is -0.887. The lowest BCUT2D eigenvalue weighted by Crippen LogP contribution is -2.50. The highest BCUT2D eigenvalue weighted by molar-refractivity contribution is 5.72. The van der Waals surface area contributed by atoms with Crippen LogP contribution in [0.4, 0.5) is 0 Å². The molecule has 2 unspecified atom stereocenters. The number of hydrogen-bond acceptors (Lipinski definition) is 6. The van der Waals surface area contributed by atoms with Crippen LogP contribution >= 0.6 is 0 Å². The molecule has 314 valence electrons. The van der Waals surface area contributed by atoms with Gasteiger partial charge in [-0.3, -0.25) is 9.59 Å². The van der Waals surface area contributed by atoms with Crippen LogP contribution in [0.2, 0.25) is 0 Å². The maximum Gasteiger partial charge on any atom is 0.362 e. The van der Waals surface area contributed by atoms with E-state index in [1.807, 2.05) is 21.1 Å². The SMILES string of the molecule is CCCC/C=C\C/C=C\CCCCCCCC(=O)OC(COCCC(C(=O)O)[N+](C)(C)C)COC(=O)CCCCCCC/C=C\CCCCCCCCC. The molecule has 0 aliphatic rings. The van der Waals surface area contributed by atoms with E-state index in [0.29, 0.717) is 19.3 Å². The van der Waals surface area contributed by atoms with Gasteiger partial charge in [0.2, 0.25) is 0 Å². The minimum Gasteiger partial charge on any atom is -0.477 e. The topological polar surface area (TPSA) is 99.1 Å². The van der Waals surface area contributed by atoms with Crippen molar-refractivity contribution in [2.75, 3.05) is 41.0 Å². The number of carboxylic acid groups (broad SMARTS) is 1. The van der Waals surface area contributed by atoms with Crippen molar-refractivity contribution in [3.8, 4) is 0 Å². The molecular weight excluding hydrogens is 679 g/mol. The van der Waals surface area contributed by atoms with Crippen LogP contribution in [0.3, 0.4) is 0 Å². The van der Waals surface area contributed by atoms with Crippen molar-refractivity contribution in [1.82, 2.24) is 0 Å². The number of quaternary nitrogens is 1. The summed E-state index contributed by atoms with van der Waals surface area (Å²) >= 11 is 0. The van der Waals surface area contributed by atoms with Gasteiger partial charge < -0.3 is 23.8 Å². The standard InChI is InChI=1S/C46H83NO7/c1-6-8-10-12-14-16-18-20-22-23-25-26-28-30-32-34-36-44(48)53-41-42(40-52-39-38-43(46(50)51)47(3,4)5)54-45(49)37-35-33-31-29-27-24-21-19-17-15-13-11-9-7-2/h13,15,19,21-23,42-43H,6-12,14,16-18,20,24-41H2,1-5H3/p+1/b15-13-,21-19-,23-22-. The van der Waals surface area contributed by atoms with Crippen LogP contribution < -0.4 is 0 Å². The smallest absolute Gasteiger partial charge is 0.362 e. The normalized spacial score (nSPS) is 13.3. The van der Waals surface area contributed by atoms with Gasteiger partial charge >= 0.3 is 17.9 Å². The third-order valence-corrected chi connectivity index (χ3v) is 9.76. The van der Waals surface area contributed by atoms with Crippen molar-refractivity contribution < 1.29 is 38.2 Å². The maximum atomic E-state index is 12.7. The maximum absolute atomic E-state index is 12.7. The first-order chi connectivity index (χ1) is 26.1. The van der Waals surface area contributed by atoms with E-state index in [1.54, 1.807) is 0 Å². The molecule has 0 amide bonds. The minimum absolute atomic E-state index is 0.0536. The third-order valence-electron chi connectivity index (χ3n) is 9.76. The Balaban J connectivity index is 4.37. The number of likely N-dealkylation sites (N-methyl/N-ethyl adjacent to an activating group) is 1. The zero-order valence-corrected chi connectivity index (χ0v) is 35.7. The molecule has 0 fully saturated rings. The van der Waals surface area contributed by atoms with Gasteiger partial charge in [0.25, 0.3) is 0 Å². The van der Waals surface area contributed by atoms with Crippen LogP contribution in [0.15, 0.2) is 36.5 Å². The first kappa shape index (κ1) is 51.5. The Labute approximate surface area is 332 Å². The van der Waals surface area contributed by atoms with Gasteiger partial charge in [0.15, 0.2) is 12.1 Å². The average molecular weight is 763 g/mol. The van der Waals surface area contributed by atoms with Crippen molar-refractivity contribution in [2.45, 2.75) is 199 Å². The van der Waals surface area contributed by atoms with Crippen LogP contribution in [0.5, 0.6) is 0 Å². The highest BCUT2D eigenvalue weighted by atomic mass is 16.6. The van der Waals surface area contributed by atoms with Gasteiger partial charge in [-0.25, -0.2) is 4.79 Å². The number of esters is 2. The van der Waals surface area contributed by atoms with Crippen LogP contribution in [-0.4, -0.2) is 80.6 Å². The molecule has 54 heavy (non-hydrogen) atoms. The minimum atomic E-state index is -0.879. The fraction of sp³-hybridized carbons (Fsp3) is 0.804. The lowest BCUT2D eigenvalue weighted by atomic mass is 10.1. The fourth-order valence-electron chi connectivity index (χ4n) is 6.28. The van der Waals surface area contributed by atoms with Crippen molar-refractivity contribution in [2.24, 2.45) is 0 Å². The summed E-state index contributed by atoms with van der Waals surface area (Å²) in [5, 5.41) is 9.61. The second-order valence-corrected chi connectivity index (χ2v) is 15.9. The molecular formula is C46H84NO7+. The number of carbonyl (C=O) groups is 3. The van der Waals surface area contributed by atoms with Gasteiger partial charge in [-0.1, -0.05) is 140 Å². The summed E-state index contributed by atoms with van der Waals surface area (Å²) < 4.78 is 17.3. The molecule has 0 aromatic heterocycles. The van der Waals surface area contributed by atoms with E-state index in [2.05, 4.69) is 50.3 Å². The van der Waals surface area contributed by atoms with Gasteiger partial charge in [-0.2, -0.15) is 0 Å². The van der Waals surface area contributed by atoms with Gasteiger partial charge in [0.05, 0.1) is 34.4 Å². The van der Waals surface area contributed by atoms with E-state index >= 15 is 0 Å². The molecule has 2 atom stereocenters. The molecule has 0 rings (SSSR count). The highest BCUT2D eigenvalue weighted by Crippen LogP contribution is 2.13. The molecule has 0 bridgehead atoms. The molecule has 0 heterocycles. The lowest BCUT2D eigenvalue weighted by Gasteiger charge is -2.31. The molecule has 0 aromatic carbocycles. The number of aliphatic carboxylic acids is 1. The largest absolute Gasteiger partial charge is 0.477 e. The molecule has 1 N–H and O–H groups in total. The van der Waals surface area contributed by atoms with Gasteiger partial charge in [-0.05, 0) is 64.2 Å². The molecule has 0 saturated carbocycles. The Morgan fingerprint density at radius 3 is 1.50 bits per heavy atom. The number of rotatable bonds is 39. The van der Waals surface area contributed by atoms with Crippen LogP contribution in [0.25, 0.3) is 0 Å². The van der Waals surface area contributed by atoms with Gasteiger partial charge in [0.1, 0.15) is 6.61 Å². The van der Waals surface area contributed by atoms with E-state index in [1.165, 1.54) is 77.0 Å². The Bertz CT molecular complexity index is 984. The highest BCUT2D eigenvalue weighted by Gasteiger charge is 2.31. The molecule has 0 spiro atoms. The van der Waals surface area contributed by atoms with Crippen molar-refractivity contribution >= 4 is 17.9 Å². The average Bonchev–Trinajstić information content (AvgIpc) is 3.12. The number of ether oxygens (including phenoxy) is 3. The van der Waals surface area contributed by atoms with Crippen LogP contribution in [0.1, 0.15) is 187 Å². The third kappa shape index (κ3) is 35.3. The summed E-state index contributed by atoms with van der Waals surface area (Å²) in [5.41, 5.74) is 0. The second kappa shape index (κ2) is 37.5. The predicted molar refractivity (Wildman–Crippen MR) is 225 cm³/mol. The molecule has 0 saturated heterocycles. The van der Waals surface area contributed by atoms with E-state index < -0.39 is 18.1 Å². The summed E-state index contributed by atoms with van der Waals surface area (Å²) in [6.45, 7) is 4.67. The van der Waals surface area contributed by atoms with E-state index in [-0.39, 0.29) is 36.2 Å². The fourth-order valence-corrected chi connectivity index (χ4v) is 6.28. The summed E-state index contributed by atoms with van der Waals surface area (Å²) in [7, 11) is 5.52. The number of carbonyl (C=O) groups excluding carboxylic acids is 2. The number of nitrogens with zero attached hydrogens (tertiary/aromatic N) is 1. The second-order valence-electron chi connectivity index (χ2n) is 15.9. The predicted octanol–water partition coefficient (Wildman–Crippen LogP) is 11.9. The Morgan fingerprint density at radius 2 is 1.00 bits per heavy atom. The zero-order chi connectivity index (χ0) is 40.0. The van der Waals surface area contributed by atoms with Crippen molar-refractivity contribution in [3.63, 3.8) is 0 Å². The first-order valence-electron chi connectivity index (χ1n) is 22.0. The Morgan fingerprint density at radius 1 is 0.556 bits per heavy atom. The summed E-state index contributed by atoms with van der Waals surface area (Å²) in [6.07, 6.45) is 41.8. The Kier molecular flexibility index (Phi) is 35.8. The molecule has 8 nitrogen and oxygen atoms in total. The number of hydrogen-bond donors (Lipinski definition) is 1. The number of unbranched alkanes of at least 4 members (excludes halogenated alkanes) is 19. The quantitative estimate of drug-likeness (QED) is 0.0288. The van der Waals surface area contributed by atoms with E-state index in [0.717, 1.165) is 77.0 Å². The van der Waals surface area contributed by atoms with Crippen molar-refractivity contribution in [1.29, 1.82) is 0 Å². The number of allylic oxidation sites excluding steroid dienone is 6. The summed E-state index contributed by atoms with van der Waals surface area (Å²) in [6, 6.07) is -0.617. The molecule has 8 heteroatoms. The molecule has 0 aliphatic carbocycles. The first-order valence-corrected chi connectivity index (χ1v) is 22.0. The van der Waals surface area contributed by atoms with E-state index in [9.17, 15) is 19.5 Å². The Hall–Kier alpha value is -2.45. The van der Waals surface area contributed by atoms with Gasteiger partial charge in [0, 0.05) is 19.3 Å².